The average Bonchev–Trinajstić information content (AvgIpc) is 2.09. The van der Waals surface area contributed by atoms with Gasteiger partial charge in [-0.05, 0) is 26.7 Å². The lowest BCUT2D eigenvalue weighted by atomic mass is 9.96. The molecule has 0 aromatic rings. The molecule has 0 unspecified atom stereocenters. The second-order valence-electron chi connectivity index (χ2n) is 4.16. The Hall–Kier alpha value is -0.460. The predicted molar refractivity (Wildman–Crippen MR) is 58.7 cm³/mol. The molecule has 0 heterocycles. The standard InChI is InChI=1S/C12H23N/c1-3-11(2)13-12-9-7-5-4-6-8-10-12/h3,12-13H,4-10H2,1-2H3/b11-3+. The van der Waals surface area contributed by atoms with Crippen molar-refractivity contribution in [3.8, 4) is 0 Å². The van der Waals surface area contributed by atoms with Gasteiger partial charge in [0.15, 0.2) is 0 Å². The van der Waals surface area contributed by atoms with Crippen LogP contribution < -0.4 is 5.32 Å². The molecule has 0 aliphatic heterocycles. The number of hydrogen-bond acceptors (Lipinski definition) is 1. The molecule has 1 fully saturated rings. The van der Waals surface area contributed by atoms with Crippen molar-refractivity contribution in [3.63, 3.8) is 0 Å². The summed E-state index contributed by atoms with van der Waals surface area (Å²) in [5, 5.41) is 3.60. The zero-order valence-electron chi connectivity index (χ0n) is 9.10. The van der Waals surface area contributed by atoms with Gasteiger partial charge in [0.25, 0.3) is 0 Å². The molecule has 0 atom stereocenters. The molecule has 1 N–H and O–H groups in total. The second-order valence-corrected chi connectivity index (χ2v) is 4.16. The maximum Gasteiger partial charge on any atom is 0.0258 e. The van der Waals surface area contributed by atoms with Gasteiger partial charge in [0.05, 0.1) is 0 Å². The Balaban J connectivity index is 2.29. The van der Waals surface area contributed by atoms with Crippen molar-refractivity contribution < 1.29 is 0 Å². The van der Waals surface area contributed by atoms with Crippen LogP contribution in [-0.2, 0) is 0 Å². The summed E-state index contributed by atoms with van der Waals surface area (Å²) in [5.41, 5.74) is 1.34. The molecule has 0 bridgehead atoms. The number of hydrogen-bond donors (Lipinski definition) is 1. The summed E-state index contributed by atoms with van der Waals surface area (Å²) in [6.45, 7) is 4.27. The fourth-order valence-corrected chi connectivity index (χ4v) is 2.01. The highest BCUT2D eigenvalue weighted by Gasteiger charge is 2.09. The molecule has 0 spiro atoms. The van der Waals surface area contributed by atoms with E-state index < -0.39 is 0 Å². The van der Waals surface area contributed by atoms with Crippen LogP contribution in [0.3, 0.4) is 0 Å². The van der Waals surface area contributed by atoms with Crippen molar-refractivity contribution in [3.05, 3.63) is 11.8 Å². The summed E-state index contributed by atoms with van der Waals surface area (Å²) in [7, 11) is 0. The Bertz CT molecular complexity index is 153. The first-order valence-corrected chi connectivity index (χ1v) is 5.72. The van der Waals surface area contributed by atoms with Crippen LogP contribution in [0.2, 0.25) is 0 Å². The number of rotatable bonds is 2. The van der Waals surface area contributed by atoms with Crippen LogP contribution in [0.5, 0.6) is 0 Å². The van der Waals surface area contributed by atoms with E-state index in [2.05, 4.69) is 25.2 Å². The fraction of sp³-hybridized carbons (Fsp3) is 0.833. The molecule has 13 heavy (non-hydrogen) atoms. The van der Waals surface area contributed by atoms with Gasteiger partial charge in [0.1, 0.15) is 0 Å². The topological polar surface area (TPSA) is 12.0 Å². The maximum absolute atomic E-state index is 3.60. The molecule has 0 saturated heterocycles. The van der Waals surface area contributed by atoms with Crippen molar-refractivity contribution in [2.75, 3.05) is 0 Å². The van der Waals surface area contributed by atoms with Crippen molar-refractivity contribution >= 4 is 0 Å². The molecule has 0 radical (unpaired) electrons. The molecule has 0 amide bonds. The minimum absolute atomic E-state index is 0.747. The normalized spacial score (nSPS) is 22.2. The second kappa shape index (κ2) is 6.06. The third-order valence-corrected chi connectivity index (χ3v) is 2.97. The van der Waals surface area contributed by atoms with E-state index in [-0.39, 0.29) is 0 Å². The Morgan fingerprint density at radius 2 is 1.62 bits per heavy atom. The Labute approximate surface area is 82.6 Å². The van der Waals surface area contributed by atoms with Crippen LogP contribution in [-0.4, -0.2) is 6.04 Å². The summed E-state index contributed by atoms with van der Waals surface area (Å²) in [6.07, 6.45) is 12.0. The molecule has 0 aromatic heterocycles. The third-order valence-electron chi connectivity index (χ3n) is 2.97. The molecular weight excluding hydrogens is 158 g/mol. The highest BCUT2D eigenvalue weighted by Crippen LogP contribution is 2.17. The van der Waals surface area contributed by atoms with Crippen molar-refractivity contribution in [2.45, 2.75) is 64.8 Å². The Morgan fingerprint density at radius 3 is 2.15 bits per heavy atom. The molecule has 1 rings (SSSR count). The average molecular weight is 181 g/mol. The van der Waals surface area contributed by atoms with Gasteiger partial charge in [-0.1, -0.05) is 38.2 Å². The van der Waals surface area contributed by atoms with E-state index in [0.717, 1.165) is 6.04 Å². The summed E-state index contributed by atoms with van der Waals surface area (Å²) >= 11 is 0. The summed E-state index contributed by atoms with van der Waals surface area (Å²) in [4.78, 5) is 0. The summed E-state index contributed by atoms with van der Waals surface area (Å²) < 4.78 is 0. The van der Waals surface area contributed by atoms with Gasteiger partial charge in [-0.3, -0.25) is 0 Å². The van der Waals surface area contributed by atoms with Gasteiger partial charge in [0, 0.05) is 11.7 Å². The van der Waals surface area contributed by atoms with Gasteiger partial charge >= 0.3 is 0 Å². The first-order chi connectivity index (χ1) is 6.33. The highest BCUT2D eigenvalue weighted by molar-refractivity contribution is 4.95. The molecular formula is C12H23N. The third kappa shape index (κ3) is 4.35. The van der Waals surface area contributed by atoms with Gasteiger partial charge in [-0.15, -0.1) is 0 Å². The molecule has 0 aromatic carbocycles. The first-order valence-electron chi connectivity index (χ1n) is 5.72. The van der Waals surface area contributed by atoms with E-state index in [4.69, 9.17) is 0 Å². The van der Waals surface area contributed by atoms with Crippen LogP contribution in [0.25, 0.3) is 0 Å². The Kier molecular flexibility index (Phi) is 4.95. The van der Waals surface area contributed by atoms with Gasteiger partial charge in [-0.2, -0.15) is 0 Å². The minimum atomic E-state index is 0.747. The molecule has 1 aliphatic carbocycles. The highest BCUT2D eigenvalue weighted by atomic mass is 14.9. The van der Waals surface area contributed by atoms with Crippen LogP contribution in [0.15, 0.2) is 11.8 Å². The van der Waals surface area contributed by atoms with E-state index in [9.17, 15) is 0 Å². The molecule has 76 valence electrons. The molecule has 1 heteroatoms. The van der Waals surface area contributed by atoms with E-state index in [1.165, 1.54) is 50.6 Å². The lowest BCUT2D eigenvalue weighted by molar-refractivity contribution is 0.412. The monoisotopic (exact) mass is 181 g/mol. The van der Waals surface area contributed by atoms with E-state index in [0.29, 0.717) is 0 Å². The van der Waals surface area contributed by atoms with Crippen molar-refractivity contribution in [2.24, 2.45) is 0 Å². The van der Waals surface area contributed by atoms with Crippen molar-refractivity contribution in [1.29, 1.82) is 0 Å². The maximum atomic E-state index is 3.60. The quantitative estimate of drug-likeness (QED) is 0.686. The van der Waals surface area contributed by atoms with E-state index in [1.54, 1.807) is 0 Å². The lowest BCUT2D eigenvalue weighted by Crippen LogP contribution is -2.28. The van der Waals surface area contributed by atoms with Crippen LogP contribution in [0, 0.1) is 0 Å². The molecule has 1 saturated carbocycles. The van der Waals surface area contributed by atoms with E-state index >= 15 is 0 Å². The lowest BCUT2D eigenvalue weighted by Gasteiger charge is -2.22. The first kappa shape index (κ1) is 10.6. The zero-order valence-corrected chi connectivity index (χ0v) is 9.10. The van der Waals surface area contributed by atoms with Gasteiger partial charge < -0.3 is 5.32 Å². The number of allylic oxidation sites excluding steroid dienone is 2. The number of nitrogens with one attached hydrogen (secondary N) is 1. The Morgan fingerprint density at radius 1 is 1.08 bits per heavy atom. The molecule has 1 nitrogen and oxygen atoms in total. The fourth-order valence-electron chi connectivity index (χ4n) is 2.01. The van der Waals surface area contributed by atoms with Gasteiger partial charge in [-0.25, -0.2) is 0 Å². The predicted octanol–water partition coefficient (Wildman–Crippen LogP) is 3.61. The SMILES string of the molecule is C/C=C(\C)NC1CCCCCCC1. The smallest absolute Gasteiger partial charge is 0.0258 e. The van der Waals surface area contributed by atoms with Crippen molar-refractivity contribution in [1.82, 2.24) is 5.32 Å². The molecule has 1 aliphatic rings. The largest absolute Gasteiger partial charge is 0.386 e. The van der Waals surface area contributed by atoms with Crippen LogP contribution in [0.4, 0.5) is 0 Å². The van der Waals surface area contributed by atoms with Gasteiger partial charge in [0.2, 0.25) is 0 Å². The minimum Gasteiger partial charge on any atom is -0.386 e. The van der Waals surface area contributed by atoms with E-state index in [1.807, 2.05) is 0 Å². The summed E-state index contributed by atoms with van der Waals surface area (Å²) in [5.74, 6) is 0. The van der Waals surface area contributed by atoms with Crippen LogP contribution in [0.1, 0.15) is 58.8 Å². The van der Waals surface area contributed by atoms with Crippen LogP contribution >= 0.6 is 0 Å². The summed E-state index contributed by atoms with van der Waals surface area (Å²) in [6, 6.07) is 0.747. The zero-order chi connectivity index (χ0) is 9.52.